The van der Waals surface area contributed by atoms with Crippen molar-refractivity contribution in [2.75, 3.05) is 42.6 Å². The fraction of sp³-hybridized carbons (Fsp3) is 0.333. The summed E-state index contributed by atoms with van der Waals surface area (Å²) in [4.78, 5) is 16.8. The van der Waals surface area contributed by atoms with Crippen molar-refractivity contribution in [3.8, 4) is 21.8 Å². The molecule has 6 rings (SSSR count). The van der Waals surface area contributed by atoms with E-state index in [2.05, 4.69) is 50.9 Å². The highest BCUT2D eigenvalue weighted by Gasteiger charge is 2.34. The van der Waals surface area contributed by atoms with Crippen molar-refractivity contribution in [2.45, 2.75) is 12.5 Å². The maximum atomic E-state index is 12.0. The van der Waals surface area contributed by atoms with Crippen LogP contribution in [0.15, 0.2) is 53.2 Å². The van der Waals surface area contributed by atoms with Gasteiger partial charge in [0.15, 0.2) is 15.7 Å². The summed E-state index contributed by atoms with van der Waals surface area (Å²) in [5.41, 5.74) is 2.35. The quantitative estimate of drug-likeness (QED) is 0.417. The summed E-state index contributed by atoms with van der Waals surface area (Å²) < 4.78 is 23.9. The molecule has 2 saturated heterocycles. The summed E-state index contributed by atoms with van der Waals surface area (Å²) in [6.45, 7) is 3.36. The highest BCUT2D eigenvalue weighted by Crippen LogP contribution is 2.40. The van der Waals surface area contributed by atoms with Gasteiger partial charge < -0.3 is 4.90 Å². The Bertz CT molecular complexity index is 1380. The van der Waals surface area contributed by atoms with E-state index in [1.165, 1.54) is 11.1 Å². The first kappa shape index (κ1) is 21.2. The van der Waals surface area contributed by atoms with Gasteiger partial charge >= 0.3 is 0 Å². The van der Waals surface area contributed by atoms with Crippen LogP contribution in [0.25, 0.3) is 32.0 Å². The first-order valence-electron chi connectivity index (χ1n) is 11.2. The zero-order valence-electron chi connectivity index (χ0n) is 18.1. The van der Waals surface area contributed by atoms with Gasteiger partial charge in [0.25, 0.3) is 0 Å². The van der Waals surface area contributed by atoms with E-state index in [1.807, 2.05) is 12.1 Å². The number of anilines is 1. The third kappa shape index (κ3) is 4.07. The Morgan fingerprint density at radius 3 is 2.45 bits per heavy atom. The van der Waals surface area contributed by atoms with Crippen molar-refractivity contribution in [3.05, 3.63) is 53.2 Å². The highest BCUT2D eigenvalue weighted by molar-refractivity contribution is 7.91. The molecule has 0 N–H and O–H groups in total. The summed E-state index contributed by atoms with van der Waals surface area (Å²) in [5.74, 6) is 2.39. The number of nitrogens with zero attached hydrogens (tertiary/aromatic N) is 4. The SMILES string of the molecule is O=S1(=O)CC[C@H](N2CCN(c3nc(-c4cccs4)nc4scc(-c5ccccc5)c34)CC2)C1. The average molecular weight is 497 g/mol. The van der Waals surface area contributed by atoms with Gasteiger partial charge in [-0.2, -0.15) is 0 Å². The maximum Gasteiger partial charge on any atom is 0.173 e. The standard InChI is InChI=1S/C24H24N4O2S3/c29-33(30)14-8-18(16-33)27-9-11-28(12-10-27)23-21-19(17-5-2-1-3-6-17)15-32-24(21)26-22(25-23)20-7-4-13-31-20/h1-7,13,15,18H,8-12,14,16H2/t18-/m0/s1. The highest BCUT2D eigenvalue weighted by atomic mass is 32.2. The molecule has 4 aromatic rings. The monoisotopic (exact) mass is 496 g/mol. The predicted molar refractivity (Wildman–Crippen MR) is 137 cm³/mol. The predicted octanol–water partition coefficient (Wildman–Crippen LogP) is 4.40. The van der Waals surface area contributed by atoms with Gasteiger partial charge in [0.05, 0.1) is 21.8 Å². The Balaban J connectivity index is 1.37. The molecule has 2 aliphatic heterocycles. The molecular weight excluding hydrogens is 472 g/mol. The molecule has 3 aromatic heterocycles. The molecule has 0 spiro atoms. The largest absolute Gasteiger partial charge is 0.353 e. The van der Waals surface area contributed by atoms with Gasteiger partial charge in [-0.25, -0.2) is 18.4 Å². The fourth-order valence-corrected chi connectivity index (χ4v) is 8.22. The summed E-state index contributed by atoms with van der Waals surface area (Å²) in [5, 5.41) is 5.36. The number of rotatable bonds is 4. The van der Waals surface area contributed by atoms with Gasteiger partial charge in [-0.1, -0.05) is 36.4 Å². The molecule has 1 aromatic carbocycles. The Morgan fingerprint density at radius 2 is 1.76 bits per heavy atom. The maximum absolute atomic E-state index is 12.0. The molecule has 6 nitrogen and oxygen atoms in total. The molecule has 5 heterocycles. The molecule has 33 heavy (non-hydrogen) atoms. The van der Waals surface area contributed by atoms with Crippen LogP contribution in [-0.4, -0.2) is 67.0 Å². The van der Waals surface area contributed by atoms with E-state index >= 15 is 0 Å². The summed E-state index contributed by atoms with van der Waals surface area (Å²) in [6, 6.07) is 14.7. The van der Waals surface area contributed by atoms with Crippen molar-refractivity contribution in [3.63, 3.8) is 0 Å². The molecule has 0 aliphatic carbocycles. The third-order valence-electron chi connectivity index (χ3n) is 6.58. The average Bonchev–Trinajstić information content (AvgIpc) is 3.59. The number of thiophene rings is 2. The Labute approximate surface area is 201 Å². The number of piperazine rings is 1. The zero-order chi connectivity index (χ0) is 22.4. The molecule has 1 atom stereocenters. The molecule has 9 heteroatoms. The number of hydrogen-bond acceptors (Lipinski definition) is 8. The van der Waals surface area contributed by atoms with Crippen molar-refractivity contribution < 1.29 is 8.42 Å². The lowest BCUT2D eigenvalue weighted by Gasteiger charge is -2.38. The normalized spacial score (nSPS) is 21.1. The first-order chi connectivity index (χ1) is 16.1. The van der Waals surface area contributed by atoms with E-state index in [4.69, 9.17) is 9.97 Å². The van der Waals surface area contributed by atoms with Crippen molar-refractivity contribution in [2.24, 2.45) is 0 Å². The summed E-state index contributed by atoms with van der Waals surface area (Å²) >= 11 is 3.32. The fourth-order valence-electron chi connectivity index (χ4n) is 4.86. The second kappa shape index (κ2) is 8.47. The van der Waals surface area contributed by atoms with Crippen LogP contribution in [0.2, 0.25) is 0 Å². The van der Waals surface area contributed by atoms with Crippen LogP contribution in [0.4, 0.5) is 5.82 Å². The van der Waals surface area contributed by atoms with Crippen molar-refractivity contribution in [1.29, 1.82) is 0 Å². The Hall–Kier alpha value is -2.33. The van der Waals surface area contributed by atoms with Crippen molar-refractivity contribution in [1.82, 2.24) is 14.9 Å². The van der Waals surface area contributed by atoms with Crippen LogP contribution in [0.3, 0.4) is 0 Å². The minimum absolute atomic E-state index is 0.158. The Morgan fingerprint density at radius 1 is 0.939 bits per heavy atom. The topological polar surface area (TPSA) is 66.4 Å². The first-order valence-corrected chi connectivity index (χ1v) is 14.7. The molecule has 0 unspecified atom stereocenters. The van der Waals surface area contributed by atoms with Crippen LogP contribution < -0.4 is 4.90 Å². The van der Waals surface area contributed by atoms with E-state index in [1.54, 1.807) is 22.7 Å². The number of sulfone groups is 1. The van der Waals surface area contributed by atoms with E-state index in [0.717, 1.165) is 59.3 Å². The molecule has 0 amide bonds. The van der Waals surface area contributed by atoms with E-state index in [9.17, 15) is 8.42 Å². The van der Waals surface area contributed by atoms with Crippen LogP contribution in [0.5, 0.6) is 0 Å². The minimum Gasteiger partial charge on any atom is -0.353 e. The van der Waals surface area contributed by atoms with Gasteiger partial charge in [-0.3, -0.25) is 4.90 Å². The van der Waals surface area contributed by atoms with E-state index < -0.39 is 9.84 Å². The molecule has 0 radical (unpaired) electrons. The number of fused-ring (bicyclic) bond motifs is 1. The van der Waals surface area contributed by atoms with E-state index in [0.29, 0.717) is 11.5 Å². The lowest BCUT2D eigenvalue weighted by Crippen LogP contribution is -2.51. The van der Waals surface area contributed by atoms with Crippen LogP contribution in [0.1, 0.15) is 6.42 Å². The lowest BCUT2D eigenvalue weighted by molar-refractivity contribution is 0.200. The summed E-state index contributed by atoms with van der Waals surface area (Å²) in [7, 11) is -2.87. The smallest absolute Gasteiger partial charge is 0.173 e. The molecule has 0 bridgehead atoms. The zero-order valence-corrected chi connectivity index (χ0v) is 20.5. The molecule has 170 valence electrons. The second-order valence-corrected chi connectivity index (χ2v) is 12.7. The molecular formula is C24H24N4O2S3. The van der Waals surface area contributed by atoms with Crippen molar-refractivity contribution >= 4 is 48.5 Å². The minimum atomic E-state index is -2.87. The lowest BCUT2D eigenvalue weighted by atomic mass is 10.1. The van der Waals surface area contributed by atoms with Gasteiger partial charge in [-0.05, 0) is 23.4 Å². The number of hydrogen-bond donors (Lipinski definition) is 0. The van der Waals surface area contributed by atoms with Gasteiger partial charge in [0, 0.05) is 43.2 Å². The molecule has 2 fully saturated rings. The van der Waals surface area contributed by atoms with Crippen LogP contribution in [-0.2, 0) is 9.84 Å². The van der Waals surface area contributed by atoms with Gasteiger partial charge in [0.1, 0.15) is 10.6 Å². The number of benzene rings is 1. The third-order valence-corrected chi connectivity index (χ3v) is 10.1. The van der Waals surface area contributed by atoms with E-state index in [-0.39, 0.29) is 6.04 Å². The molecule has 2 aliphatic rings. The number of aromatic nitrogens is 2. The molecule has 0 saturated carbocycles. The van der Waals surface area contributed by atoms with Gasteiger partial charge in [-0.15, -0.1) is 22.7 Å². The van der Waals surface area contributed by atoms with Crippen LogP contribution in [0, 0.1) is 0 Å². The summed E-state index contributed by atoms with van der Waals surface area (Å²) in [6.07, 6.45) is 0.755. The Kier molecular flexibility index (Phi) is 5.44. The van der Waals surface area contributed by atoms with Crippen LogP contribution >= 0.6 is 22.7 Å². The van der Waals surface area contributed by atoms with Gasteiger partial charge in [0.2, 0.25) is 0 Å². The second-order valence-electron chi connectivity index (χ2n) is 8.62.